The Balaban J connectivity index is 1.70. The Kier molecular flexibility index (Phi) is 4.36. The largest absolute Gasteiger partial charge is 0.296 e. The normalized spacial score (nSPS) is 24.6. The first-order chi connectivity index (χ1) is 11.2. The number of likely N-dealkylation sites (tertiary alicyclic amines) is 1. The van der Waals surface area contributed by atoms with Gasteiger partial charge in [0, 0.05) is 12.0 Å². The van der Waals surface area contributed by atoms with E-state index in [0.717, 1.165) is 6.42 Å². The summed E-state index contributed by atoms with van der Waals surface area (Å²) in [7, 11) is 0. The molecule has 4 rings (SSSR count). The van der Waals surface area contributed by atoms with Crippen LogP contribution < -0.4 is 0 Å². The molecule has 0 amide bonds. The molecular weight excluding hydrogens is 325 g/mol. The van der Waals surface area contributed by atoms with Gasteiger partial charge in [0.25, 0.3) is 0 Å². The zero-order valence-electron chi connectivity index (χ0n) is 13.1. The molecule has 2 aromatic carbocycles. The molecule has 1 aliphatic heterocycles. The first-order valence-corrected chi connectivity index (χ1v) is 9.27. The Morgan fingerprint density at radius 3 is 2.30 bits per heavy atom. The number of piperidine rings is 1. The highest BCUT2D eigenvalue weighted by Crippen LogP contribution is 2.47. The van der Waals surface area contributed by atoms with Crippen molar-refractivity contribution < 1.29 is 0 Å². The maximum absolute atomic E-state index is 6.26. The van der Waals surface area contributed by atoms with Crippen molar-refractivity contribution in [2.24, 2.45) is 0 Å². The molecule has 1 saturated heterocycles. The summed E-state index contributed by atoms with van der Waals surface area (Å²) in [5, 5.41) is 1.29. The van der Waals surface area contributed by atoms with Crippen LogP contribution >= 0.6 is 23.2 Å². The Bertz CT molecular complexity index is 707. The Morgan fingerprint density at radius 2 is 1.57 bits per heavy atom. The molecule has 0 unspecified atom stereocenters. The Hall–Kier alpha value is -1.02. The fourth-order valence-electron chi connectivity index (χ4n) is 4.23. The zero-order valence-corrected chi connectivity index (χ0v) is 14.7. The summed E-state index contributed by atoms with van der Waals surface area (Å²) in [5.74, 6) is 0.424. The minimum absolute atomic E-state index is 0.424. The number of hydrogen-bond acceptors (Lipinski definition) is 1. The predicted molar refractivity (Wildman–Crippen MR) is 97.5 cm³/mol. The maximum atomic E-state index is 6.26. The molecule has 1 nitrogen and oxygen atoms in total. The molecule has 2 aliphatic rings. The van der Waals surface area contributed by atoms with E-state index in [4.69, 9.17) is 23.2 Å². The quantitative estimate of drug-likeness (QED) is 0.639. The molecule has 1 fully saturated rings. The van der Waals surface area contributed by atoms with Gasteiger partial charge in [-0.15, -0.1) is 0 Å². The summed E-state index contributed by atoms with van der Waals surface area (Å²) in [6, 6.07) is 15.6. The van der Waals surface area contributed by atoms with E-state index in [0.29, 0.717) is 22.0 Å². The third kappa shape index (κ3) is 2.91. The molecule has 0 N–H and O–H groups in total. The van der Waals surface area contributed by atoms with Crippen molar-refractivity contribution in [2.45, 2.75) is 37.6 Å². The lowest BCUT2D eigenvalue weighted by Crippen LogP contribution is -2.32. The van der Waals surface area contributed by atoms with Crippen LogP contribution in [0.3, 0.4) is 0 Å². The molecule has 2 aromatic rings. The number of nitrogens with zero attached hydrogens (tertiary/aromatic N) is 1. The van der Waals surface area contributed by atoms with Crippen LogP contribution in [-0.4, -0.2) is 18.0 Å². The van der Waals surface area contributed by atoms with Crippen LogP contribution in [0.5, 0.6) is 0 Å². The molecule has 0 aromatic heterocycles. The summed E-state index contributed by atoms with van der Waals surface area (Å²) in [6.45, 7) is 2.46. The smallest absolute Gasteiger partial charge is 0.0595 e. The number of fused-ring (bicyclic) bond motifs is 1. The first kappa shape index (κ1) is 15.5. The van der Waals surface area contributed by atoms with Crippen molar-refractivity contribution in [1.82, 2.24) is 4.90 Å². The van der Waals surface area contributed by atoms with Crippen LogP contribution in [0.1, 0.15) is 54.3 Å². The molecular formula is C20H21Cl2N. The molecule has 1 aliphatic carbocycles. The number of hydrogen-bond donors (Lipinski definition) is 0. The van der Waals surface area contributed by atoms with E-state index >= 15 is 0 Å². The summed E-state index contributed by atoms with van der Waals surface area (Å²) in [5.41, 5.74) is 4.25. The fraction of sp³-hybridized carbons (Fsp3) is 0.400. The van der Waals surface area contributed by atoms with E-state index in [1.807, 2.05) is 12.1 Å². The summed E-state index contributed by atoms with van der Waals surface area (Å²) in [4.78, 5) is 2.68. The fourth-order valence-corrected chi connectivity index (χ4v) is 4.54. The number of rotatable bonds is 2. The highest BCUT2D eigenvalue weighted by Gasteiger charge is 2.35. The van der Waals surface area contributed by atoms with Gasteiger partial charge in [-0.1, -0.05) is 60.0 Å². The van der Waals surface area contributed by atoms with Gasteiger partial charge in [-0.05, 0) is 61.2 Å². The second kappa shape index (κ2) is 6.47. The van der Waals surface area contributed by atoms with Gasteiger partial charge in [-0.3, -0.25) is 4.90 Å². The van der Waals surface area contributed by atoms with Crippen LogP contribution in [0, 0.1) is 0 Å². The summed E-state index contributed by atoms with van der Waals surface area (Å²) in [6.07, 6.45) is 5.19. The first-order valence-electron chi connectivity index (χ1n) is 8.52. The van der Waals surface area contributed by atoms with Crippen molar-refractivity contribution in [3.05, 3.63) is 69.2 Å². The number of halogens is 2. The molecule has 2 atom stereocenters. The number of benzene rings is 2. The highest BCUT2D eigenvalue weighted by atomic mass is 35.5. The third-order valence-corrected chi connectivity index (χ3v) is 6.11. The van der Waals surface area contributed by atoms with Crippen LogP contribution in [-0.2, 0) is 0 Å². The Morgan fingerprint density at radius 1 is 0.826 bits per heavy atom. The van der Waals surface area contributed by atoms with E-state index in [2.05, 4.69) is 35.2 Å². The van der Waals surface area contributed by atoms with Crippen molar-refractivity contribution in [3.8, 4) is 0 Å². The topological polar surface area (TPSA) is 3.24 Å². The Labute approximate surface area is 148 Å². The van der Waals surface area contributed by atoms with Gasteiger partial charge in [0.05, 0.1) is 10.0 Å². The minimum Gasteiger partial charge on any atom is -0.296 e. The lowest BCUT2D eigenvalue weighted by molar-refractivity contribution is 0.161. The molecule has 23 heavy (non-hydrogen) atoms. The van der Waals surface area contributed by atoms with Crippen molar-refractivity contribution >= 4 is 23.2 Å². The average molecular weight is 346 g/mol. The SMILES string of the molecule is Clc1ccc([C@@H]2C[C@@H](N3CCCCC3)c3ccccc32)cc1Cl. The molecule has 0 radical (unpaired) electrons. The molecule has 0 saturated carbocycles. The molecule has 0 bridgehead atoms. The second-order valence-electron chi connectivity index (χ2n) is 6.70. The maximum Gasteiger partial charge on any atom is 0.0595 e. The zero-order chi connectivity index (χ0) is 15.8. The van der Waals surface area contributed by atoms with Gasteiger partial charge < -0.3 is 0 Å². The van der Waals surface area contributed by atoms with Crippen LogP contribution in [0.15, 0.2) is 42.5 Å². The van der Waals surface area contributed by atoms with Crippen LogP contribution in [0.25, 0.3) is 0 Å². The highest BCUT2D eigenvalue weighted by molar-refractivity contribution is 6.42. The molecule has 1 heterocycles. The van der Waals surface area contributed by atoms with Gasteiger partial charge >= 0.3 is 0 Å². The lowest BCUT2D eigenvalue weighted by Gasteiger charge is -2.33. The van der Waals surface area contributed by atoms with Crippen molar-refractivity contribution in [2.75, 3.05) is 13.1 Å². The summed E-state index contributed by atoms with van der Waals surface area (Å²) < 4.78 is 0. The van der Waals surface area contributed by atoms with Crippen LogP contribution in [0.2, 0.25) is 10.0 Å². The van der Waals surface area contributed by atoms with Crippen molar-refractivity contribution in [1.29, 1.82) is 0 Å². The van der Waals surface area contributed by atoms with Gasteiger partial charge in [0.15, 0.2) is 0 Å². The monoisotopic (exact) mass is 345 g/mol. The van der Waals surface area contributed by atoms with Gasteiger partial charge in [0.1, 0.15) is 0 Å². The lowest BCUT2D eigenvalue weighted by atomic mass is 9.93. The second-order valence-corrected chi connectivity index (χ2v) is 7.52. The average Bonchev–Trinajstić information content (AvgIpc) is 2.98. The molecule has 3 heteroatoms. The van der Waals surface area contributed by atoms with E-state index < -0.39 is 0 Å². The third-order valence-electron chi connectivity index (χ3n) is 5.37. The van der Waals surface area contributed by atoms with E-state index in [1.54, 1.807) is 0 Å². The van der Waals surface area contributed by atoms with E-state index in [1.165, 1.54) is 49.0 Å². The molecule has 0 spiro atoms. The molecule has 120 valence electrons. The standard InChI is InChI=1S/C20H21Cl2N/c21-18-9-8-14(12-19(18)22)17-13-20(23-10-4-1-5-11-23)16-7-3-2-6-15(16)17/h2-3,6-9,12,17,20H,1,4-5,10-11,13H2/t17-,20+/m0/s1. The van der Waals surface area contributed by atoms with E-state index in [-0.39, 0.29) is 0 Å². The van der Waals surface area contributed by atoms with Crippen molar-refractivity contribution in [3.63, 3.8) is 0 Å². The van der Waals surface area contributed by atoms with E-state index in [9.17, 15) is 0 Å². The van der Waals surface area contributed by atoms with Gasteiger partial charge in [-0.2, -0.15) is 0 Å². The van der Waals surface area contributed by atoms with Gasteiger partial charge in [-0.25, -0.2) is 0 Å². The summed E-state index contributed by atoms with van der Waals surface area (Å²) >= 11 is 12.4. The van der Waals surface area contributed by atoms with Gasteiger partial charge in [0.2, 0.25) is 0 Å². The predicted octanol–water partition coefficient (Wildman–Crippen LogP) is 6.06. The minimum atomic E-state index is 0.424. The van der Waals surface area contributed by atoms with Crippen LogP contribution in [0.4, 0.5) is 0 Å².